The van der Waals surface area contributed by atoms with Crippen LogP contribution in [0.2, 0.25) is 0 Å². The number of hydrogen-bond donors (Lipinski definition) is 1. The minimum Gasteiger partial charge on any atom is -0.448 e. The summed E-state index contributed by atoms with van der Waals surface area (Å²) in [5.74, 6) is 0. The van der Waals surface area contributed by atoms with Crippen LogP contribution in [-0.4, -0.2) is 45.7 Å². The van der Waals surface area contributed by atoms with Crippen molar-refractivity contribution in [2.75, 3.05) is 26.2 Å². The molecule has 106 valence electrons. The summed E-state index contributed by atoms with van der Waals surface area (Å²) in [6.07, 6.45) is -0.443. The van der Waals surface area contributed by atoms with E-state index in [9.17, 15) is 13.2 Å². The number of nitrogens with one attached hydrogen (secondary N) is 1. The van der Waals surface area contributed by atoms with Crippen molar-refractivity contribution >= 4 is 16.1 Å². The maximum absolute atomic E-state index is 12.1. The highest BCUT2D eigenvalue weighted by Gasteiger charge is 2.23. The van der Waals surface area contributed by atoms with Crippen LogP contribution >= 0.6 is 0 Å². The van der Waals surface area contributed by atoms with E-state index in [4.69, 9.17) is 10.00 Å². The van der Waals surface area contributed by atoms with E-state index >= 15 is 0 Å². The number of rotatable bonds is 5. The third-order valence-corrected chi connectivity index (χ3v) is 4.33. The van der Waals surface area contributed by atoms with Crippen LogP contribution in [0.1, 0.15) is 5.56 Å². The van der Waals surface area contributed by atoms with Gasteiger partial charge in [-0.25, -0.2) is 17.9 Å². The molecule has 1 amide bonds. The van der Waals surface area contributed by atoms with Gasteiger partial charge >= 0.3 is 6.09 Å². The standard InChI is InChI=1S/C12H13N3O4S/c13-9-10-3-1-2-4-11(10)20(17,18)14-5-6-15-7-8-19-12(15)16/h1-4,14H,5-8H2. The van der Waals surface area contributed by atoms with Gasteiger partial charge in [-0.2, -0.15) is 5.26 Å². The highest BCUT2D eigenvalue weighted by atomic mass is 32.2. The Bertz CT molecular complexity index is 651. The van der Waals surface area contributed by atoms with Gasteiger partial charge in [0.1, 0.15) is 12.7 Å². The number of ether oxygens (including phenoxy) is 1. The highest BCUT2D eigenvalue weighted by Crippen LogP contribution is 2.13. The van der Waals surface area contributed by atoms with Crippen molar-refractivity contribution in [2.24, 2.45) is 0 Å². The molecule has 20 heavy (non-hydrogen) atoms. The molecule has 2 rings (SSSR count). The Hall–Kier alpha value is -2.11. The van der Waals surface area contributed by atoms with Gasteiger partial charge in [-0.05, 0) is 12.1 Å². The number of sulfonamides is 1. The van der Waals surface area contributed by atoms with Crippen molar-refractivity contribution in [3.8, 4) is 6.07 Å². The van der Waals surface area contributed by atoms with Crippen LogP contribution in [0.4, 0.5) is 4.79 Å². The Labute approximate surface area is 116 Å². The predicted octanol–water partition coefficient (Wildman–Crippen LogP) is 0.289. The Balaban J connectivity index is 2.01. The molecule has 8 heteroatoms. The van der Waals surface area contributed by atoms with E-state index < -0.39 is 16.1 Å². The molecule has 0 aliphatic carbocycles. The Kier molecular flexibility index (Phi) is 4.22. The Morgan fingerprint density at radius 2 is 2.15 bits per heavy atom. The van der Waals surface area contributed by atoms with Crippen molar-refractivity contribution in [3.63, 3.8) is 0 Å². The molecule has 1 heterocycles. The second-order valence-electron chi connectivity index (χ2n) is 4.11. The molecule has 0 unspecified atom stereocenters. The summed E-state index contributed by atoms with van der Waals surface area (Å²) >= 11 is 0. The minimum absolute atomic E-state index is 0.0634. The van der Waals surface area contributed by atoms with Gasteiger partial charge in [0.15, 0.2) is 0 Å². The van der Waals surface area contributed by atoms with Gasteiger partial charge in [0, 0.05) is 13.1 Å². The number of amides is 1. The summed E-state index contributed by atoms with van der Waals surface area (Å²) in [4.78, 5) is 12.5. The molecule has 0 atom stereocenters. The molecule has 1 aliphatic heterocycles. The number of hydrogen-bond acceptors (Lipinski definition) is 5. The summed E-state index contributed by atoms with van der Waals surface area (Å²) in [6.45, 7) is 1.07. The molecule has 1 aliphatic rings. The first-order valence-electron chi connectivity index (χ1n) is 5.95. The van der Waals surface area contributed by atoms with Crippen LogP contribution in [0.25, 0.3) is 0 Å². The lowest BCUT2D eigenvalue weighted by atomic mass is 10.2. The fourth-order valence-corrected chi connectivity index (χ4v) is 2.99. The topological polar surface area (TPSA) is 99.5 Å². The average molecular weight is 295 g/mol. The maximum atomic E-state index is 12.1. The van der Waals surface area contributed by atoms with Crippen molar-refractivity contribution in [1.82, 2.24) is 9.62 Å². The summed E-state index contributed by atoms with van der Waals surface area (Å²) < 4.78 is 31.2. The first-order chi connectivity index (χ1) is 9.54. The van der Waals surface area contributed by atoms with Crippen LogP contribution < -0.4 is 4.72 Å². The lowest BCUT2D eigenvalue weighted by Crippen LogP contribution is -2.35. The summed E-state index contributed by atoms with van der Waals surface area (Å²) in [5.41, 5.74) is 0.0839. The summed E-state index contributed by atoms with van der Waals surface area (Å²) in [6, 6.07) is 7.78. The molecule has 1 aromatic carbocycles. The number of carbonyl (C=O) groups is 1. The number of nitrogens with zero attached hydrogens (tertiary/aromatic N) is 2. The first kappa shape index (κ1) is 14.3. The smallest absolute Gasteiger partial charge is 0.409 e. The molecular weight excluding hydrogens is 282 g/mol. The predicted molar refractivity (Wildman–Crippen MR) is 69.3 cm³/mol. The molecule has 1 aromatic rings. The second-order valence-corrected chi connectivity index (χ2v) is 5.84. The highest BCUT2D eigenvalue weighted by molar-refractivity contribution is 7.89. The van der Waals surface area contributed by atoms with Gasteiger partial charge in [-0.3, -0.25) is 0 Å². The van der Waals surface area contributed by atoms with E-state index in [0.717, 1.165) is 0 Å². The van der Waals surface area contributed by atoms with E-state index in [1.807, 2.05) is 6.07 Å². The number of benzene rings is 1. The fraction of sp³-hybridized carbons (Fsp3) is 0.333. The van der Waals surface area contributed by atoms with Crippen molar-refractivity contribution in [2.45, 2.75) is 4.90 Å². The largest absolute Gasteiger partial charge is 0.448 e. The van der Waals surface area contributed by atoms with Gasteiger partial charge in [0.2, 0.25) is 10.0 Å². The number of nitriles is 1. The number of carbonyl (C=O) groups excluding carboxylic acids is 1. The lowest BCUT2D eigenvalue weighted by Gasteiger charge is -2.13. The Morgan fingerprint density at radius 3 is 2.80 bits per heavy atom. The van der Waals surface area contributed by atoms with Gasteiger partial charge in [0.25, 0.3) is 0 Å². The molecular formula is C12H13N3O4S. The Morgan fingerprint density at radius 1 is 1.40 bits per heavy atom. The van der Waals surface area contributed by atoms with E-state index in [1.54, 1.807) is 12.1 Å². The SMILES string of the molecule is N#Cc1ccccc1S(=O)(=O)NCCN1CCOC1=O. The molecule has 1 N–H and O–H groups in total. The van der Waals surface area contributed by atoms with E-state index in [-0.39, 0.29) is 23.5 Å². The lowest BCUT2D eigenvalue weighted by molar-refractivity contribution is 0.159. The molecule has 0 saturated carbocycles. The normalized spacial score (nSPS) is 14.9. The number of cyclic esters (lactones) is 1. The van der Waals surface area contributed by atoms with Crippen molar-refractivity contribution in [3.05, 3.63) is 29.8 Å². The van der Waals surface area contributed by atoms with Gasteiger partial charge in [-0.1, -0.05) is 12.1 Å². The van der Waals surface area contributed by atoms with Crippen LogP contribution in [0, 0.1) is 11.3 Å². The molecule has 1 fully saturated rings. The minimum atomic E-state index is -3.76. The van der Waals surface area contributed by atoms with Crippen LogP contribution in [0.5, 0.6) is 0 Å². The van der Waals surface area contributed by atoms with Crippen LogP contribution in [0.3, 0.4) is 0 Å². The average Bonchev–Trinajstić information content (AvgIpc) is 2.84. The second kappa shape index (κ2) is 5.90. The summed E-state index contributed by atoms with van der Waals surface area (Å²) in [5, 5.41) is 8.90. The van der Waals surface area contributed by atoms with E-state index in [1.165, 1.54) is 17.0 Å². The zero-order valence-electron chi connectivity index (χ0n) is 10.6. The monoisotopic (exact) mass is 295 g/mol. The van der Waals surface area contributed by atoms with Crippen LogP contribution in [0.15, 0.2) is 29.2 Å². The molecule has 0 aromatic heterocycles. The quantitative estimate of drug-likeness (QED) is 0.841. The molecule has 0 bridgehead atoms. The van der Waals surface area contributed by atoms with Gasteiger partial charge in [-0.15, -0.1) is 0 Å². The van der Waals surface area contributed by atoms with E-state index in [2.05, 4.69) is 4.72 Å². The molecule has 0 radical (unpaired) electrons. The first-order valence-corrected chi connectivity index (χ1v) is 7.43. The zero-order chi connectivity index (χ0) is 14.6. The molecule has 1 saturated heterocycles. The third kappa shape index (κ3) is 3.07. The third-order valence-electron chi connectivity index (χ3n) is 2.82. The van der Waals surface area contributed by atoms with Crippen molar-refractivity contribution in [1.29, 1.82) is 5.26 Å². The van der Waals surface area contributed by atoms with E-state index in [0.29, 0.717) is 13.2 Å². The van der Waals surface area contributed by atoms with Crippen molar-refractivity contribution < 1.29 is 17.9 Å². The fourth-order valence-electron chi connectivity index (χ4n) is 1.81. The summed E-state index contributed by atoms with van der Waals surface area (Å²) in [7, 11) is -3.76. The maximum Gasteiger partial charge on any atom is 0.409 e. The molecule has 0 spiro atoms. The molecule has 7 nitrogen and oxygen atoms in total. The zero-order valence-corrected chi connectivity index (χ0v) is 11.4. The van der Waals surface area contributed by atoms with Crippen LogP contribution in [-0.2, 0) is 14.8 Å². The van der Waals surface area contributed by atoms with Gasteiger partial charge in [0.05, 0.1) is 17.0 Å². The van der Waals surface area contributed by atoms with Gasteiger partial charge < -0.3 is 9.64 Å².